The van der Waals surface area contributed by atoms with Crippen molar-refractivity contribution in [1.82, 2.24) is 0 Å². The van der Waals surface area contributed by atoms with Crippen molar-refractivity contribution in [1.29, 1.82) is 0 Å². The fraction of sp³-hybridized carbons (Fsp3) is 0.357. The van der Waals surface area contributed by atoms with E-state index in [9.17, 15) is 22.4 Å². The Bertz CT molecular complexity index is 718. The second-order valence-corrected chi connectivity index (χ2v) is 5.48. The van der Waals surface area contributed by atoms with Crippen molar-refractivity contribution in [2.75, 3.05) is 5.32 Å². The topological polar surface area (TPSA) is 38.3 Å². The van der Waals surface area contributed by atoms with Gasteiger partial charge in [0.15, 0.2) is 0 Å². The fourth-order valence-corrected chi connectivity index (χ4v) is 2.31. The number of halogens is 5. The normalized spacial score (nSPS) is 23.8. The fourth-order valence-electron chi connectivity index (χ4n) is 2.11. The van der Waals surface area contributed by atoms with Gasteiger partial charge in [0.25, 0.3) is 5.60 Å². The molecule has 1 saturated carbocycles. The molecule has 1 amide bonds. The molecule has 3 nitrogen and oxygen atoms in total. The van der Waals surface area contributed by atoms with Crippen LogP contribution < -0.4 is 5.32 Å². The maximum Gasteiger partial charge on any atom is 0.445 e. The van der Waals surface area contributed by atoms with Gasteiger partial charge in [-0.15, -0.1) is 0 Å². The number of hydrogen-bond donors (Lipinski definition) is 1. The second-order valence-electron chi connectivity index (χ2n) is 5.05. The number of anilines is 1. The van der Waals surface area contributed by atoms with E-state index in [1.165, 1.54) is 0 Å². The smallest absolute Gasteiger partial charge is 0.415 e. The number of alkyl halides is 3. The van der Waals surface area contributed by atoms with Gasteiger partial charge in [-0.05, 0) is 30.9 Å². The summed E-state index contributed by atoms with van der Waals surface area (Å²) in [5.74, 6) is 3.18. The minimum Gasteiger partial charge on any atom is -0.415 e. The van der Waals surface area contributed by atoms with Gasteiger partial charge in [-0.2, -0.15) is 13.2 Å². The van der Waals surface area contributed by atoms with Crippen molar-refractivity contribution in [3.63, 3.8) is 0 Å². The molecule has 1 heterocycles. The summed E-state index contributed by atoms with van der Waals surface area (Å²) in [7, 11) is 0. The molecule has 2 aliphatic rings. The van der Waals surface area contributed by atoms with Gasteiger partial charge in [0.1, 0.15) is 5.82 Å². The summed E-state index contributed by atoms with van der Waals surface area (Å²) >= 11 is 5.65. The first-order chi connectivity index (χ1) is 10.2. The molecule has 1 aromatic rings. The third-order valence-electron chi connectivity index (χ3n) is 3.34. The molecule has 1 atom stereocenters. The van der Waals surface area contributed by atoms with Crippen molar-refractivity contribution >= 4 is 23.4 Å². The Morgan fingerprint density at radius 2 is 2.05 bits per heavy atom. The zero-order chi connectivity index (χ0) is 16.1. The van der Waals surface area contributed by atoms with E-state index >= 15 is 0 Å². The molecular weight excluding hydrogens is 326 g/mol. The summed E-state index contributed by atoms with van der Waals surface area (Å²) in [5.41, 5.74) is -4.50. The molecule has 116 valence electrons. The highest BCUT2D eigenvalue weighted by atomic mass is 35.5. The van der Waals surface area contributed by atoms with Crippen LogP contribution in [0, 0.1) is 23.6 Å². The summed E-state index contributed by atoms with van der Waals surface area (Å²) in [4.78, 5) is 11.5. The van der Waals surface area contributed by atoms with E-state index in [1.807, 2.05) is 11.2 Å². The first-order valence-electron chi connectivity index (χ1n) is 6.32. The molecule has 1 aromatic carbocycles. The molecule has 0 bridgehead atoms. The average molecular weight is 334 g/mol. The van der Waals surface area contributed by atoms with Gasteiger partial charge in [-0.3, -0.25) is 5.32 Å². The maximum atomic E-state index is 13.9. The lowest BCUT2D eigenvalue weighted by Crippen LogP contribution is -2.49. The summed E-state index contributed by atoms with van der Waals surface area (Å²) < 4.78 is 59.2. The van der Waals surface area contributed by atoms with Gasteiger partial charge in [0, 0.05) is 16.5 Å². The van der Waals surface area contributed by atoms with Crippen LogP contribution in [0.4, 0.5) is 28.0 Å². The quantitative estimate of drug-likeness (QED) is 0.570. The van der Waals surface area contributed by atoms with Crippen LogP contribution in [0.3, 0.4) is 0 Å². The Balaban J connectivity index is 2.27. The summed E-state index contributed by atoms with van der Waals surface area (Å²) in [5, 5.41) is 1.67. The largest absolute Gasteiger partial charge is 0.445 e. The van der Waals surface area contributed by atoms with Crippen LogP contribution in [-0.4, -0.2) is 12.3 Å². The van der Waals surface area contributed by atoms with Crippen LogP contribution in [0.5, 0.6) is 0 Å². The van der Waals surface area contributed by atoms with Crippen molar-refractivity contribution in [2.24, 2.45) is 5.92 Å². The standard InChI is InChI=1S/C14H8ClF4NO2/c15-8-5-9-11(10(16)6-8)20-12(21)22-13(9,14(17,18)19)4-3-7-1-2-7/h5-7H,1-2H2,(H,20,21). The number of ether oxygens (including phenoxy) is 1. The number of nitrogens with one attached hydrogen (secondary N) is 1. The minimum atomic E-state index is -5.04. The summed E-state index contributed by atoms with van der Waals surface area (Å²) in [6, 6.07) is 1.70. The molecule has 22 heavy (non-hydrogen) atoms. The van der Waals surface area contributed by atoms with Crippen LogP contribution in [0.2, 0.25) is 5.02 Å². The van der Waals surface area contributed by atoms with Crippen molar-refractivity contribution in [3.05, 3.63) is 28.5 Å². The first kappa shape index (κ1) is 15.0. The molecule has 0 aromatic heterocycles. The molecule has 0 saturated heterocycles. The average Bonchev–Trinajstić information content (AvgIpc) is 3.20. The highest BCUT2D eigenvalue weighted by Gasteiger charge is 2.62. The molecule has 0 radical (unpaired) electrons. The lowest BCUT2D eigenvalue weighted by atomic mass is 9.90. The minimum absolute atomic E-state index is 0.166. The zero-order valence-corrected chi connectivity index (χ0v) is 11.6. The Hall–Kier alpha value is -1.94. The Labute approximate surface area is 127 Å². The zero-order valence-electron chi connectivity index (χ0n) is 10.9. The van der Waals surface area contributed by atoms with E-state index in [-0.39, 0.29) is 10.9 Å². The van der Waals surface area contributed by atoms with E-state index in [0.29, 0.717) is 12.8 Å². The summed E-state index contributed by atoms with van der Waals surface area (Å²) in [6.07, 6.45) is -5.09. The number of cyclic esters (lactones) is 1. The number of carbonyl (C=O) groups excluding carboxylic acids is 1. The predicted molar refractivity (Wildman–Crippen MR) is 69.7 cm³/mol. The van der Waals surface area contributed by atoms with E-state index < -0.39 is 34.9 Å². The monoisotopic (exact) mass is 333 g/mol. The number of benzene rings is 1. The molecule has 1 fully saturated rings. The third-order valence-corrected chi connectivity index (χ3v) is 3.55. The molecule has 1 unspecified atom stereocenters. The molecular formula is C14H8ClF4NO2. The van der Waals surface area contributed by atoms with Crippen LogP contribution in [0.25, 0.3) is 0 Å². The maximum absolute atomic E-state index is 13.9. The van der Waals surface area contributed by atoms with Crippen LogP contribution in [0.15, 0.2) is 12.1 Å². The van der Waals surface area contributed by atoms with E-state index in [2.05, 4.69) is 10.7 Å². The van der Waals surface area contributed by atoms with Gasteiger partial charge in [-0.25, -0.2) is 9.18 Å². The number of rotatable bonds is 0. The molecule has 1 N–H and O–H groups in total. The Morgan fingerprint density at radius 3 is 2.64 bits per heavy atom. The summed E-state index contributed by atoms with van der Waals surface area (Å²) in [6.45, 7) is 0. The van der Waals surface area contributed by atoms with Gasteiger partial charge in [0.05, 0.1) is 5.69 Å². The van der Waals surface area contributed by atoms with Crippen LogP contribution in [0.1, 0.15) is 18.4 Å². The molecule has 1 aliphatic carbocycles. The van der Waals surface area contributed by atoms with Crippen molar-refractivity contribution in [2.45, 2.75) is 24.6 Å². The van der Waals surface area contributed by atoms with Gasteiger partial charge >= 0.3 is 12.3 Å². The van der Waals surface area contributed by atoms with Crippen LogP contribution in [-0.2, 0) is 10.3 Å². The second kappa shape index (κ2) is 4.78. The third kappa shape index (κ3) is 2.37. The molecule has 0 spiro atoms. The van der Waals surface area contributed by atoms with Gasteiger partial charge in [-0.1, -0.05) is 17.5 Å². The lowest BCUT2D eigenvalue weighted by Gasteiger charge is -2.35. The van der Waals surface area contributed by atoms with Crippen molar-refractivity contribution in [3.8, 4) is 11.8 Å². The van der Waals surface area contributed by atoms with E-state index in [0.717, 1.165) is 12.1 Å². The Kier molecular flexibility index (Phi) is 3.25. The molecule has 3 rings (SSSR count). The first-order valence-corrected chi connectivity index (χ1v) is 6.70. The highest BCUT2D eigenvalue weighted by molar-refractivity contribution is 6.30. The SMILES string of the molecule is O=C1Nc2c(F)cc(Cl)cc2C(C#CC2CC2)(C(F)(F)F)O1. The van der Waals surface area contributed by atoms with Crippen molar-refractivity contribution < 1.29 is 27.1 Å². The van der Waals surface area contributed by atoms with E-state index in [4.69, 9.17) is 11.6 Å². The highest BCUT2D eigenvalue weighted by Crippen LogP contribution is 2.49. The lowest BCUT2D eigenvalue weighted by molar-refractivity contribution is -0.239. The number of amides is 1. The van der Waals surface area contributed by atoms with Gasteiger partial charge < -0.3 is 4.74 Å². The van der Waals surface area contributed by atoms with Crippen LogP contribution >= 0.6 is 11.6 Å². The Morgan fingerprint density at radius 1 is 1.36 bits per heavy atom. The van der Waals surface area contributed by atoms with Gasteiger partial charge in [0.2, 0.25) is 0 Å². The predicted octanol–water partition coefficient (Wildman–Crippen LogP) is 4.21. The number of carbonyl (C=O) groups is 1. The number of hydrogen-bond acceptors (Lipinski definition) is 2. The molecule has 1 aliphatic heterocycles. The van der Waals surface area contributed by atoms with E-state index in [1.54, 1.807) is 0 Å². The number of fused-ring (bicyclic) bond motifs is 1. The molecule has 8 heteroatoms.